The number of nitrogens with zero attached hydrogens (tertiary/aromatic N) is 2. The molecule has 0 fully saturated rings. The number of hydrogen-bond acceptors (Lipinski definition) is 6. The number of carbonyl (C=O) groups excluding carboxylic acids is 1. The van der Waals surface area contributed by atoms with Crippen LogP contribution in [0.15, 0.2) is 83.3 Å². The van der Waals surface area contributed by atoms with Gasteiger partial charge in [0.15, 0.2) is 11.5 Å². The summed E-state index contributed by atoms with van der Waals surface area (Å²) in [5.74, 6) is 1.57. The SMILES string of the molecule is O=C(NC(c1ccccc1)c1nnc(-c2ccccc2)o1)c1ccc2c(c1)OCO2. The van der Waals surface area contributed by atoms with E-state index in [-0.39, 0.29) is 12.7 Å². The second-order valence-electron chi connectivity index (χ2n) is 6.70. The molecule has 0 spiro atoms. The van der Waals surface area contributed by atoms with Gasteiger partial charge in [0.2, 0.25) is 18.6 Å². The maximum atomic E-state index is 13.0. The molecule has 2 heterocycles. The number of benzene rings is 3. The minimum atomic E-state index is -0.603. The zero-order valence-corrected chi connectivity index (χ0v) is 15.8. The fourth-order valence-electron chi connectivity index (χ4n) is 3.23. The smallest absolute Gasteiger partial charge is 0.252 e. The number of aromatic nitrogens is 2. The molecule has 0 saturated carbocycles. The van der Waals surface area contributed by atoms with E-state index < -0.39 is 6.04 Å². The van der Waals surface area contributed by atoms with Crippen LogP contribution in [0.2, 0.25) is 0 Å². The van der Waals surface area contributed by atoms with Gasteiger partial charge in [-0.1, -0.05) is 48.5 Å². The van der Waals surface area contributed by atoms with E-state index in [0.29, 0.717) is 28.8 Å². The average Bonchev–Trinajstić information content (AvgIpc) is 3.48. The highest BCUT2D eigenvalue weighted by Crippen LogP contribution is 2.33. The van der Waals surface area contributed by atoms with Crippen molar-refractivity contribution in [2.24, 2.45) is 0 Å². The molecule has 5 rings (SSSR count). The quantitative estimate of drug-likeness (QED) is 0.546. The van der Waals surface area contributed by atoms with Crippen LogP contribution in [0.1, 0.15) is 27.9 Å². The first-order valence-corrected chi connectivity index (χ1v) is 9.42. The summed E-state index contributed by atoms with van der Waals surface area (Å²) < 4.78 is 16.6. The van der Waals surface area contributed by atoms with Crippen molar-refractivity contribution in [2.45, 2.75) is 6.04 Å². The Balaban J connectivity index is 1.46. The Morgan fingerprint density at radius 1 is 0.867 bits per heavy atom. The van der Waals surface area contributed by atoms with Crippen LogP contribution in [-0.4, -0.2) is 22.9 Å². The van der Waals surface area contributed by atoms with E-state index in [0.717, 1.165) is 11.1 Å². The number of carbonyl (C=O) groups is 1. The minimum absolute atomic E-state index is 0.150. The summed E-state index contributed by atoms with van der Waals surface area (Å²) in [5.41, 5.74) is 2.09. The Hall–Kier alpha value is -4.13. The first-order valence-electron chi connectivity index (χ1n) is 9.42. The summed E-state index contributed by atoms with van der Waals surface area (Å²) in [5, 5.41) is 11.3. The normalized spacial score (nSPS) is 13.1. The number of ether oxygens (including phenoxy) is 2. The summed E-state index contributed by atoms with van der Waals surface area (Å²) in [6.45, 7) is 0.150. The maximum absolute atomic E-state index is 13.0. The van der Waals surface area contributed by atoms with Crippen molar-refractivity contribution in [3.05, 3.63) is 95.9 Å². The first-order chi connectivity index (χ1) is 14.8. The second kappa shape index (κ2) is 7.71. The first kappa shape index (κ1) is 17.9. The molecule has 7 heteroatoms. The third-order valence-corrected chi connectivity index (χ3v) is 4.75. The van der Waals surface area contributed by atoms with Crippen LogP contribution in [0.5, 0.6) is 11.5 Å². The van der Waals surface area contributed by atoms with Gasteiger partial charge < -0.3 is 19.2 Å². The number of nitrogens with one attached hydrogen (secondary N) is 1. The van der Waals surface area contributed by atoms with Crippen molar-refractivity contribution < 1.29 is 18.7 Å². The van der Waals surface area contributed by atoms with Gasteiger partial charge in [0.05, 0.1) is 0 Å². The fraction of sp³-hybridized carbons (Fsp3) is 0.0870. The van der Waals surface area contributed by atoms with Crippen LogP contribution in [0.25, 0.3) is 11.5 Å². The predicted octanol–water partition coefficient (Wildman–Crippen LogP) is 3.98. The fourth-order valence-corrected chi connectivity index (χ4v) is 3.23. The Bertz CT molecular complexity index is 1180. The van der Waals surface area contributed by atoms with E-state index in [2.05, 4.69) is 15.5 Å². The van der Waals surface area contributed by atoms with Crippen LogP contribution in [0.3, 0.4) is 0 Å². The summed E-state index contributed by atoms with van der Waals surface area (Å²) in [7, 11) is 0. The Labute approximate surface area is 172 Å². The molecule has 1 aromatic heterocycles. The Morgan fingerprint density at radius 2 is 1.60 bits per heavy atom. The highest BCUT2D eigenvalue weighted by Gasteiger charge is 2.25. The highest BCUT2D eigenvalue weighted by molar-refractivity contribution is 5.95. The summed E-state index contributed by atoms with van der Waals surface area (Å²) in [6.07, 6.45) is 0. The van der Waals surface area contributed by atoms with Gasteiger partial charge in [-0.15, -0.1) is 10.2 Å². The van der Waals surface area contributed by atoms with E-state index in [1.165, 1.54) is 0 Å². The Kier molecular flexibility index (Phi) is 4.61. The van der Waals surface area contributed by atoms with E-state index in [9.17, 15) is 4.79 Å². The van der Waals surface area contributed by atoms with Gasteiger partial charge in [-0.05, 0) is 35.9 Å². The summed E-state index contributed by atoms with van der Waals surface area (Å²) in [6, 6.07) is 23.4. The molecule has 1 aliphatic rings. The maximum Gasteiger partial charge on any atom is 0.252 e. The lowest BCUT2D eigenvalue weighted by Crippen LogP contribution is -2.29. The lowest BCUT2D eigenvalue weighted by Gasteiger charge is -2.16. The molecule has 1 atom stereocenters. The monoisotopic (exact) mass is 399 g/mol. The van der Waals surface area contributed by atoms with Gasteiger partial charge in [0.1, 0.15) is 6.04 Å². The van der Waals surface area contributed by atoms with Gasteiger partial charge in [-0.3, -0.25) is 4.79 Å². The van der Waals surface area contributed by atoms with Crippen molar-refractivity contribution in [3.8, 4) is 23.0 Å². The molecule has 30 heavy (non-hydrogen) atoms. The van der Waals surface area contributed by atoms with Crippen LogP contribution < -0.4 is 14.8 Å². The Morgan fingerprint density at radius 3 is 2.40 bits per heavy atom. The van der Waals surface area contributed by atoms with Crippen LogP contribution >= 0.6 is 0 Å². The molecule has 7 nitrogen and oxygen atoms in total. The summed E-state index contributed by atoms with van der Waals surface area (Å²) in [4.78, 5) is 13.0. The van der Waals surface area contributed by atoms with Crippen molar-refractivity contribution in [1.29, 1.82) is 0 Å². The molecule has 1 aliphatic heterocycles. The zero-order valence-electron chi connectivity index (χ0n) is 15.8. The molecule has 148 valence electrons. The molecule has 0 bridgehead atoms. The van der Waals surface area contributed by atoms with Gasteiger partial charge in [-0.2, -0.15) is 0 Å². The number of hydrogen-bond donors (Lipinski definition) is 1. The van der Waals surface area contributed by atoms with Crippen molar-refractivity contribution in [3.63, 3.8) is 0 Å². The largest absolute Gasteiger partial charge is 0.454 e. The lowest BCUT2D eigenvalue weighted by molar-refractivity contribution is 0.0937. The summed E-state index contributed by atoms with van der Waals surface area (Å²) >= 11 is 0. The van der Waals surface area contributed by atoms with Crippen LogP contribution in [-0.2, 0) is 0 Å². The molecular weight excluding hydrogens is 382 g/mol. The topological polar surface area (TPSA) is 86.5 Å². The van der Waals surface area contributed by atoms with Crippen molar-refractivity contribution in [2.75, 3.05) is 6.79 Å². The molecule has 0 radical (unpaired) electrons. The standard InChI is InChI=1S/C23H17N3O4/c27-21(17-11-12-18-19(13-17)29-14-28-18)24-20(15-7-3-1-4-8-15)23-26-25-22(30-23)16-9-5-2-6-10-16/h1-13,20H,14H2,(H,24,27). The van der Waals surface area contributed by atoms with Crippen molar-refractivity contribution in [1.82, 2.24) is 15.5 Å². The van der Waals surface area contributed by atoms with Crippen LogP contribution in [0, 0.1) is 0 Å². The number of fused-ring (bicyclic) bond motifs is 1. The molecule has 1 amide bonds. The van der Waals surface area contributed by atoms with E-state index in [1.807, 2.05) is 60.7 Å². The molecule has 0 saturated heterocycles. The molecule has 4 aromatic rings. The lowest BCUT2D eigenvalue weighted by atomic mass is 10.1. The van der Waals surface area contributed by atoms with E-state index in [4.69, 9.17) is 13.9 Å². The van der Waals surface area contributed by atoms with Gasteiger partial charge in [-0.25, -0.2) is 0 Å². The average molecular weight is 399 g/mol. The van der Waals surface area contributed by atoms with Crippen LogP contribution in [0.4, 0.5) is 0 Å². The zero-order chi connectivity index (χ0) is 20.3. The molecule has 0 aliphatic carbocycles. The number of rotatable bonds is 5. The third kappa shape index (κ3) is 3.48. The van der Waals surface area contributed by atoms with E-state index in [1.54, 1.807) is 18.2 Å². The van der Waals surface area contributed by atoms with Gasteiger partial charge >= 0.3 is 0 Å². The second-order valence-corrected chi connectivity index (χ2v) is 6.70. The molecule has 1 N–H and O–H groups in total. The molecular formula is C23H17N3O4. The van der Waals surface area contributed by atoms with Gasteiger partial charge in [0, 0.05) is 11.1 Å². The number of amides is 1. The third-order valence-electron chi connectivity index (χ3n) is 4.75. The molecule has 3 aromatic carbocycles. The highest BCUT2D eigenvalue weighted by atomic mass is 16.7. The van der Waals surface area contributed by atoms with E-state index >= 15 is 0 Å². The van der Waals surface area contributed by atoms with Gasteiger partial charge in [0.25, 0.3) is 5.91 Å². The van der Waals surface area contributed by atoms with Crippen molar-refractivity contribution >= 4 is 5.91 Å². The molecule has 1 unspecified atom stereocenters. The predicted molar refractivity (Wildman–Crippen MR) is 108 cm³/mol. The minimum Gasteiger partial charge on any atom is -0.454 e.